The highest BCUT2D eigenvalue weighted by molar-refractivity contribution is 5.55. The number of aromatic nitrogens is 4. The van der Waals surface area contributed by atoms with E-state index in [1.54, 1.807) is 0 Å². The molecule has 0 bridgehead atoms. The smallest absolute Gasteiger partial charge is 0.241 e. The average molecular weight is 367 g/mol. The Bertz CT molecular complexity index is 880. The van der Waals surface area contributed by atoms with Crippen LogP contribution >= 0.6 is 0 Å². The van der Waals surface area contributed by atoms with Crippen molar-refractivity contribution in [3.63, 3.8) is 0 Å². The summed E-state index contributed by atoms with van der Waals surface area (Å²) in [5.74, 6) is 2.10. The molecule has 1 aromatic carbocycles. The van der Waals surface area contributed by atoms with Crippen LogP contribution in [0.3, 0.4) is 0 Å². The van der Waals surface area contributed by atoms with E-state index in [0.717, 1.165) is 42.1 Å². The minimum absolute atomic E-state index is 0.351. The molecule has 7 heteroatoms. The molecule has 142 valence electrons. The molecule has 0 amide bonds. The quantitative estimate of drug-likeness (QED) is 0.713. The first-order valence-electron chi connectivity index (χ1n) is 9.47. The second kappa shape index (κ2) is 7.52. The normalized spacial score (nSPS) is 17.5. The lowest BCUT2D eigenvalue weighted by Gasteiger charge is -2.23. The van der Waals surface area contributed by atoms with Crippen molar-refractivity contribution in [3.05, 3.63) is 47.1 Å². The zero-order valence-corrected chi connectivity index (χ0v) is 16.0. The van der Waals surface area contributed by atoms with Gasteiger partial charge in [-0.3, -0.25) is 10.00 Å². The summed E-state index contributed by atoms with van der Waals surface area (Å²) in [5.41, 5.74) is 4.45. The summed E-state index contributed by atoms with van der Waals surface area (Å²) >= 11 is 0. The molecular weight excluding hydrogens is 342 g/mol. The number of aryl methyl sites for hydroxylation is 2. The maximum absolute atomic E-state index is 5.53. The van der Waals surface area contributed by atoms with E-state index in [9.17, 15) is 0 Å². The van der Waals surface area contributed by atoms with Gasteiger partial charge in [0.1, 0.15) is 5.75 Å². The minimum atomic E-state index is 0.351. The number of nitrogens with zero attached hydrogens (tertiary/aromatic N) is 4. The van der Waals surface area contributed by atoms with E-state index in [0.29, 0.717) is 30.9 Å². The summed E-state index contributed by atoms with van der Waals surface area (Å²) in [6, 6.07) is 8.11. The zero-order valence-electron chi connectivity index (χ0n) is 16.0. The molecule has 3 heterocycles. The van der Waals surface area contributed by atoms with Crippen molar-refractivity contribution in [2.45, 2.75) is 46.2 Å². The molecule has 27 heavy (non-hydrogen) atoms. The van der Waals surface area contributed by atoms with Gasteiger partial charge in [-0.1, -0.05) is 5.16 Å². The summed E-state index contributed by atoms with van der Waals surface area (Å²) in [6.07, 6.45) is 2.29. The number of H-pyrrole nitrogens is 1. The van der Waals surface area contributed by atoms with Gasteiger partial charge >= 0.3 is 0 Å². The number of likely N-dealkylation sites (tertiary alicyclic amines) is 1. The third-order valence-electron chi connectivity index (χ3n) is 5.11. The molecule has 4 rings (SSSR count). The van der Waals surface area contributed by atoms with Gasteiger partial charge in [-0.05, 0) is 64.4 Å². The lowest BCUT2D eigenvalue weighted by atomic mass is 10.0. The van der Waals surface area contributed by atoms with Crippen molar-refractivity contribution in [3.8, 4) is 17.1 Å². The van der Waals surface area contributed by atoms with E-state index < -0.39 is 0 Å². The Morgan fingerprint density at radius 2 is 2.07 bits per heavy atom. The highest BCUT2D eigenvalue weighted by atomic mass is 16.5. The molecule has 0 saturated carbocycles. The van der Waals surface area contributed by atoms with Gasteiger partial charge in [0.05, 0.1) is 18.8 Å². The standard InChI is InChI=1S/C20H25N5O2/c1-4-26-16-9-7-15(8-10-16)20-21-18(27-24-20)12-25-11-5-6-17(25)19-13(2)22-23-14(19)3/h7-10,17H,4-6,11-12H2,1-3H3,(H,22,23). The summed E-state index contributed by atoms with van der Waals surface area (Å²) in [5, 5.41) is 11.6. The van der Waals surface area contributed by atoms with Gasteiger partial charge in [-0.25, -0.2) is 0 Å². The van der Waals surface area contributed by atoms with Gasteiger partial charge in [-0.2, -0.15) is 10.1 Å². The average Bonchev–Trinajstić information content (AvgIpc) is 3.38. The fourth-order valence-corrected chi connectivity index (χ4v) is 3.87. The zero-order chi connectivity index (χ0) is 18.8. The molecule has 0 spiro atoms. The predicted molar refractivity (Wildman–Crippen MR) is 101 cm³/mol. The Morgan fingerprint density at radius 1 is 1.26 bits per heavy atom. The summed E-state index contributed by atoms with van der Waals surface area (Å²) in [6.45, 7) is 8.44. The van der Waals surface area contributed by atoms with E-state index in [2.05, 4.69) is 39.1 Å². The minimum Gasteiger partial charge on any atom is -0.494 e. The molecule has 1 fully saturated rings. The first-order valence-corrected chi connectivity index (χ1v) is 9.47. The topological polar surface area (TPSA) is 80.1 Å². The lowest BCUT2D eigenvalue weighted by Crippen LogP contribution is -2.23. The van der Waals surface area contributed by atoms with Crippen molar-refractivity contribution in [1.29, 1.82) is 0 Å². The van der Waals surface area contributed by atoms with Crippen LogP contribution in [0.15, 0.2) is 28.8 Å². The molecule has 3 aromatic rings. The molecule has 0 aliphatic carbocycles. The first kappa shape index (κ1) is 17.7. The maximum atomic E-state index is 5.53. The van der Waals surface area contributed by atoms with Gasteiger partial charge in [0.15, 0.2) is 0 Å². The van der Waals surface area contributed by atoms with Crippen LogP contribution in [0.2, 0.25) is 0 Å². The maximum Gasteiger partial charge on any atom is 0.241 e. The SMILES string of the molecule is CCOc1ccc(-c2noc(CN3CCCC3c3c(C)n[nH]c3C)n2)cc1. The van der Waals surface area contributed by atoms with Gasteiger partial charge in [0.2, 0.25) is 11.7 Å². The fourth-order valence-electron chi connectivity index (χ4n) is 3.87. The Balaban J connectivity index is 1.49. The predicted octanol–water partition coefficient (Wildman–Crippen LogP) is 3.81. The number of rotatable bonds is 6. The molecule has 1 aliphatic heterocycles. The Morgan fingerprint density at radius 3 is 2.78 bits per heavy atom. The van der Waals surface area contributed by atoms with Gasteiger partial charge in [0.25, 0.3) is 0 Å². The van der Waals surface area contributed by atoms with Crippen molar-refractivity contribution in [1.82, 2.24) is 25.2 Å². The lowest BCUT2D eigenvalue weighted by molar-refractivity contribution is 0.211. The van der Waals surface area contributed by atoms with Crippen LogP contribution in [0.5, 0.6) is 5.75 Å². The van der Waals surface area contributed by atoms with E-state index in [1.165, 1.54) is 5.56 Å². The second-order valence-electron chi connectivity index (χ2n) is 6.95. The number of benzene rings is 1. The summed E-state index contributed by atoms with van der Waals surface area (Å²) in [4.78, 5) is 7.00. The Kier molecular flexibility index (Phi) is 4.94. The molecule has 0 radical (unpaired) electrons. The molecular formula is C20H25N5O2. The van der Waals surface area contributed by atoms with E-state index in [-0.39, 0.29) is 0 Å². The number of nitrogens with one attached hydrogen (secondary N) is 1. The second-order valence-corrected chi connectivity index (χ2v) is 6.95. The monoisotopic (exact) mass is 367 g/mol. The van der Waals surface area contributed by atoms with Gasteiger partial charge in [0, 0.05) is 22.9 Å². The molecule has 1 aliphatic rings. The Labute approximate surface area is 158 Å². The number of ether oxygens (including phenoxy) is 1. The van der Waals surface area contributed by atoms with Crippen molar-refractivity contribution < 1.29 is 9.26 Å². The van der Waals surface area contributed by atoms with Crippen LogP contribution in [0, 0.1) is 13.8 Å². The van der Waals surface area contributed by atoms with E-state index in [1.807, 2.05) is 31.2 Å². The van der Waals surface area contributed by atoms with Crippen LogP contribution in [0.25, 0.3) is 11.4 Å². The van der Waals surface area contributed by atoms with Crippen molar-refractivity contribution in [2.75, 3.05) is 13.2 Å². The third-order valence-corrected chi connectivity index (χ3v) is 5.11. The van der Waals surface area contributed by atoms with E-state index in [4.69, 9.17) is 9.26 Å². The summed E-state index contributed by atoms with van der Waals surface area (Å²) in [7, 11) is 0. The van der Waals surface area contributed by atoms with Crippen LogP contribution < -0.4 is 4.74 Å². The van der Waals surface area contributed by atoms with Crippen LogP contribution in [-0.2, 0) is 6.54 Å². The fraction of sp³-hybridized carbons (Fsp3) is 0.450. The molecule has 2 aromatic heterocycles. The highest BCUT2D eigenvalue weighted by Gasteiger charge is 2.30. The molecule has 1 atom stereocenters. The summed E-state index contributed by atoms with van der Waals surface area (Å²) < 4.78 is 11.0. The van der Waals surface area contributed by atoms with Crippen molar-refractivity contribution in [2.24, 2.45) is 0 Å². The van der Waals surface area contributed by atoms with Crippen LogP contribution in [-0.4, -0.2) is 38.4 Å². The third kappa shape index (κ3) is 3.60. The number of hydrogen-bond acceptors (Lipinski definition) is 6. The van der Waals surface area contributed by atoms with Gasteiger partial charge < -0.3 is 9.26 Å². The van der Waals surface area contributed by atoms with Crippen LogP contribution in [0.1, 0.15) is 48.6 Å². The highest BCUT2D eigenvalue weighted by Crippen LogP contribution is 2.35. The largest absolute Gasteiger partial charge is 0.494 e. The van der Waals surface area contributed by atoms with Crippen molar-refractivity contribution >= 4 is 0 Å². The molecule has 1 saturated heterocycles. The van der Waals surface area contributed by atoms with E-state index >= 15 is 0 Å². The number of aromatic amines is 1. The van der Waals surface area contributed by atoms with Gasteiger partial charge in [-0.15, -0.1) is 0 Å². The first-order chi connectivity index (χ1) is 13.2. The molecule has 7 nitrogen and oxygen atoms in total. The number of hydrogen-bond donors (Lipinski definition) is 1. The van der Waals surface area contributed by atoms with Crippen LogP contribution in [0.4, 0.5) is 0 Å². The molecule has 1 unspecified atom stereocenters. The Hall–Kier alpha value is -2.67. The molecule has 1 N–H and O–H groups in total.